The monoisotopic (exact) mass is 272 g/mol. The van der Waals surface area contributed by atoms with Gasteiger partial charge in [0.1, 0.15) is 0 Å². The summed E-state index contributed by atoms with van der Waals surface area (Å²) in [6.45, 7) is 7.57. The van der Waals surface area contributed by atoms with Crippen LogP contribution >= 0.6 is 0 Å². The average molecular weight is 272 g/mol. The fraction of sp³-hybridized carbons (Fsp3) is 0.833. The van der Waals surface area contributed by atoms with Crippen LogP contribution in [0.25, 0.3) is 0 Å². The lowest BCUT2D eigenvalue weighted by Gasteiger charge is -2.06. The van der Waals surface area contributed by atoms with Crippen molar-refractivity contribution < 1.29 is 13.9 Å². The average Bonchev–Trinajstić information content (AvgIpc) is 2.87. The van der Waals surface area contributed by atoms with Gasteiger partial charge in [0.25, 0.3) is 0 Å². The van der Waals surface area contributed by atoms with Crippen LogP contribution in [0, 0.1) is 0 Å². The molecule has 0 aliphatic rings. The van der Waals surface area contributed by atoms with Crippen molar-refractivity contribution in [1.29, 1.82) is 0 Å². The van der Waals surface area contributed by atoms with E-state index >= 15 is 0 Å². The molecule has 1 unspecified atom stereocenters. The number of hydrogen-bond donors (Lipinski definition) is 2. The Balaban J connectivity index is 2.13. The number of nitrogens with zero attached hydrogens (tertiary/aromatic N) is 2. The van der Waals surface area contributed by atoms with Crippen molar-refractivity contribution in [2.75, 3.05) is 45.3 Å². The number of anilines is 1. The van der Waals surface area contributed by atoms with Gasteiger partial charge in [-0.05, 0) is 19.9 Å². The highest BCUT2D eigenvalue weighted by Crippen LogP contribution is 2.13. The maximum Gasteiger partial charge on any atom is 0.315 e. The molecule has 1 aromatic heterocycles. The first kappa shape index (κ1) is 15.9. The lowest BCUT2D eigenvalue weighted by atomic mass is 10.3. The summed E-state index contributed by atoms with van der Waals surface area (Å²) in [5.41, 5.74) is 0. The van der Waals surface area contributed by atoms with Crippen LogP contribution in [0.2, 0.25) is 0 Å². The SMILES string of the molecule is CCNC(C)c1nnc(NCCCOCCOC)o1. The molecule has 0 radical (unpaired) electrons. The third kappa shape index (κ3) is 6.51. The third-order valence-corrected chi connectivity index (χ3v) is 2.49. The van der Waals surface area contributed by atoms with Gasteiger partial charge in [0, 0.05) is 20.3 Å². The first-order valence-electron chi connectivity index (χ1n) is 6.65. The Morgan fingerprint density at radius 1 is 1.26 bits per heavy atom. The van der Waals surface area contributed by atoms with E-state index in [9.17, 15) is 0 Å². The van der Waals surface area contributed by atoms with Crippen LogP contribution < -0.4 is 10.6 Å². The summed E-state index contributed by atoms with van der Waals surface area (Å²) >= 11 is 0. The van der Waals surface area contributed by atoms with Crippen LogP contribution in [-0.4, -0.2) is 50.2 Å². The molecule has 0 aliphatic heterocycles. The third-order valence-electron chi connectivity index (χ3n) is 2.49. The van der Waals surface area contributed by atoms with Gasteiger partial charge in [-0.3, -0.25) is 0 Å². The summed E-state index contributed by atoms with van der Waals surface area (Å²) in [7, 11) is 1.66. The normalized spacial score (nSPS) is 12.6. The van der Waals surface area contributed by atoms with E-state index in [-0.39, 0.29) is 6.04 Å². The summed E-state index contributed by atoms with van der Waals surface area (Å²) in [6, 6.07) is 0.530. The van der Waals surface area contributed by atoms with Gasteiger partial charge >= 0.3 is 6.01 Å². The molecule has 1 rings (SSSR count). The second-order valence-corrected chi connectivity index (χ2v) is 4.11. The number of ether oxygens (including phenoxy) is 2. The number of rotatable bonds is 11. The minimum atomic E-state index is 0.0745. The van der Waals surface area contributed by atoms with Crippen molar-refractivity contribution in [2.45, 2.75) is 26.3 Å². The van der Waals surface area contributed by atoms with E-state index in [0.717, 1.165) is 19.5 Å². The minimum Gasteiger partial charge on any atom is -0.406 e. The highest BCUT2D eigenvalue weighted by Gasteiger charge is 2.11. The lowest BCUT2D eigenvalue weighted by Crippen LogP contribution is -2.17. The first-order chi connectivity index (χ1) is 9.27. The zero-order chi connectivity index (χ0) is 13.9. The molecule has 1 atom stereocenters. The summed E-state index contributed by atoms with van der Waals surface area (Å²) in [4.78, 5) is 0. The van der Waals surface area contributed by atoms with E-state index in [1.807, 2.05) is 13.8 Å². The number of aromatic nitrogens is 2. The smallest absolute Gasteiger partial charge is 0.315 e. The Labute approximate surface area is 114 Å². The Kier molecular flexibility index (Phi) is 8.11. The Morgan fingerprint density at radius 3 is 2.84 bits per heavy atom. The molecule has 19 heavy (non-hydrogen) atoms. The lowest BCUT2D eigenvalue weighted by molar-refractivity contribution is 0.0705. The Morgan fingerprint density at radius 2 is 2.11 bits per heavy atom. The molecule has 7 heteroatoms. The molecule has 0 saturated heterocycles. The fourth-order valence-electron chi connectivity index (χ4n) is 1.49. The van der Waals surface area contributed by atoms with E-state index in [2.05, 4.69) is 20.8 Å². The first-order valence-corrected chi connectivity index (χ1v) is 6.65. The predicted molar refractivity (Wildman–Crippen MR) is 72.2 cm³/mol. The summed E-state index contributed by atoms with van der Waals surface area (Å²) in [5.74, 6) is 0.598. The summed E-state index contributed by atoms with van der Waals surface area (Å²) < 4.78 is 15.7. The number of hydrogen-bond acceptors (Lipinski definition) is 7. The van der Waals surface area contributed by atoms with Crippen LogP contribution in [0.4, 0.5) is 6.01 Å². The maximum atomic E-state index is 5.49. The van der Waals surface area contributed by atoms with E-state index in [1.54, 1.807) is 7.11 Å². The van der Waals surface area contributed by atoms with E-state index in [4.69, 9.17) is 13.9 Å². The van der Waals surface area contributed by atoms with Crippen molar-refractivity contribution in [3.05, 3.63) is 5.89 Å². The van der Waals surface area contributed by atoms with Gasteiger partial charge in [-0.15, -0.1) is 5.10 Å². The molecule has 0 saturated carbocycles. The molecule has 7 nitrogen and oxygen atoms in total. The Hall–Kier alpha value is -1.18. The highest BCUT2D eigenvalue weighted by atomic mass is 16.5. The van der Waals surface area contributed by atoms with E-state index in [1.165, 1.54) is 0 Å². The van der Waals surface area contributed by atoms with Crippen molar-refractivity contribution in [3.8, 4) is 0 Å². The summed E-state index contributed by atoms with van der Waals surface area (Å²) in [5, 5.41) is 14.2. The largest absolute Gasteiger partial charge is 0.406 e. The topological polar surface area (TPSA) is 81.4 Å². The molecule has 1 aromatic rings. The van der Waals surface area contributed by atoms with Crippen molar-refractivity contribution >= 4 is 6.01 Å². The van der Waals surface area contributed by atoms with Crippen LogP contribution in [0.1, 0.15) is 32.2 Å². The second-order valence-electron chi connectivity index (χ2n) is 4.11. The fourth-order valence-corrected chi connectivity index (χ4v) is 1.49. The quantitative estimate of drug-likeness (QED) is 0.586. The molecule has 0 spiro atoms. The van der Waals surface area contributed by atoms with Crippen LogP contribution in [0.3, 0.4) is 0 Å². The highest BCUT2D eigenvalue weighted by molar-refractivity contribution is 5.16. The molecule has 0 bridgehead atoms. The van der Waals surface area contributed by atoms with Gasteiger partial charge in [0.05, 0.1) is 19.3 Å². The molecule has 110 valence electrons. The molecule has 2 N–H and O–H groups in total. The second kappa shape index (κ2) is 9.71. The molecule has 0 aliphatic carbocycles. The molecular formula is C12H24N4O3. The summed E-state index contributed by atoms with van der Waals surface area (Å²) in [6.07, 6.45) is 0.879. The number of nitrogens with one attached hydrogen (secondary N) is 2. The molecule has 1 heterocycles. The zero-order valence-corrected chi connectivity index (χ0v) is 11.9. The number of methoxy groups -OCH3 is 1. The van der Waals surface area contributed by atoms with Crippen LogP contribution in [0.15, 0.2) is 4.42 Å². The van der Waals surface area contributed by atoms with E-state index in [0.29, 0.717) is 31.7 Å². The minimum absolute atomic E-state index is 0.0745. The molecule has 0 aromatic carbocycles. The van der Waals surface area contributed by atoms with Crippen LogP contribution in [0.5, 0.6) is 0 Å². The van der Waals surface area contributed by atoms with Gasteiger partial charge in [-0.1, -0.05) is 12.0 Å². The molecule has 0 amide bonds. The van der Waals surface area contributed by atoms with Gasteiger partial charge in [0.2, 0.25) is 5.89 Å². The van der Waals surface area contributed by atoms with Crippen molar-refractivity contribution in [1.82, 2.24) is 15.5 Å². The van der Waals surface area contributed by atoms with Gasteiger partial charge in [-0.2, -0.15) is 0 Å². The van der Waals surface area contributed by atoms with Gasteiger partial charge in [0.15, 0.2) is 0 Å². The van der Waals surface area contributed by atoms with Crippen LogP contribution in [-0.2, 0) is 9.47 Å². The van der Waals surface area contributed by atoms with Gasteiger partial charge < -0.3 is 24.5 Å². The van der Waals surface area contributed by atoms with Crippen molar-refractivity contribution in [3.63, 3.8) is 0 Å². The predicted octanol–water partition coefficient (Wildman–Crippen LogP) is 1.21. The van der Waals surface area contributed by atoms with E-state index < -0.39 is 0 Å². The molecular weight excluding hydrogens is 248 g/mol. The van der Waals surface area contributed by atoms with Gasteiger partial charge in [-0.25, -0.2) is 0 Å². The maximum absolute atomic E-state index is 5.49. The van der Waals surface area contributed by atoms with Crippen molar-refractivity contribution in [2.24, 2.45) is 0 Å². The molecule has 0 fully saturated rings. The standard InChI is InChI=1S/C12H24N4O3/c1-4-13-10(2)11-15-16-12(19-11)14-6-5-7-18-9-8-17-3/h10,13H,4-9H2,1-3H3,(H,14,16). The Bertz CT molecular complexity index is 333. The zero-order valence-electron chi connectivity index (χ0n) is 11.9.